The third kappa shape index (κ3) is 4.18. The Morgan fingerprint density at radius 1 is 0.926 bits per heavy atom. The highest BCUT2D eigenvalue weighted by Crippen LogP contribution is 2.40. The standard InChI is InChI=1S/C23H23N3O/c24-20-8-4-5-9-21(20)26-23(27)18-12-10-16(11-13-18)15-25-22-14-19(22)17-6-2-1-3-7-17/h1-13,19,22,25H,14-15,24H2,(H,26,27). The number of amides is 1. The molecule has 136 valence electrons. The summed E-state index contributed by atoms with van der Waals surface area (Å²) in [5.41, 5.74) is 10.3. The number of carbonyl (C=O) groups excluding carboxylic acids is 1. The average molecular weight is 357 g/mol. The van der Waals surface area contributed by atoms with Gasteiger partial charge in [0.1, 0.15) is 0 Å². The largest absolute Gasteiger partial charge is 0.397 e. The highest BCUT2D eigenvalue weighted by molar-refractivity contribution is 6.05. The van der Waals surface area contributed by atoms with E-state index in [9.17, 15) is 4.79 Å². The molecule has 4 rings (SSSR count). The van der Waals surface area contributed by atoms with E-state index in [1.807, 2.05) is 36.4 Å². The van der Waals surface area contributed by atoms with Crippen LogP contribution >= 0.6 is 0 Å². The van der Waals surface area contributed by atoms with E-state index in [1.165, 1.54) is 17.5 Å². The third-order valence-corrected chi connectivity index (χ3v) is 5.01. The maximum Gasteiger partial charge on any atom is 0.255 e. The van der Waals surface area contributed by atoms with Crippen molar-refractivity contribution < 1.29 is 4.79 Å². The van der Waals surface area contributed by atoms with Crippen LogP contribution in [-0.4, -0.2) is 11.9 Å². The molecule has 27 heavy (non-hydrogen) atoms. The number of rotatable bonds is 6. The molecule has 4 heteroatoms. The first kappa shape index (κ1) is 17.3. The maximum atomic E-state index is 12.4. The zero-order chi connectivity index (χ0) is 18.6. The fourth-order valence-electron chi connectivity index (χ4n) is 3.32. The number of nitrogens with two attached hydrogens (primary N) is 1. The number of anilines is 2. The lowest BCUT2D eigenvalue weighted by molar-refractivity contribution is 0.102. The van der Waals surface area contributed by atoms with Gasteiger partial charge < -0.3 is 16.4 Å². The molecule has 1 saturated carbocycles. The van der Waals surface area contributed by atoms with Crippen LogP contribution in [0.25, 0.3) is 0 Å². The fourth-order valence-corrected chi connectivity index (χ4v) is 3.32. The topological polar surface area (TPSA) is 67.1 Å². The lowest BCUT2D eigenvalue weighted by Crippen LogP contribution is -2.17. The van der Waals surface area contributed by atoms with E-state index in [0.29, 0.717) is 28.9 Å². The normalized spacial score (nSPS) is 18.1. The van der Waals surface area contributed by atoms with E-state index in [1.54, 1.807) is 12.1 Å². The third-order valence-electron chi connectivity index (χ3n) is 5.01. The second-order valence-corrected chi connectivity index (χ2v) is 6.98. The van der Waals surface area contributed by atoms with E-state index in [2.05, 4.69) is 41.0 Å². The van der Waals surface area contributed by atoms with Crippen LogP contribution in [0.15, 0.2) is 78.9 Å². The van der Waals surface area contributed by atoms with Gasteiger partial charge in [0.25, 0.3) is 5.91 Å². The predicted molar refractivity (Wildman–Crippen MR) is 110 cm³/mol. The van der Waals surface area contributed by atoms with Gasteiger partial charge >= 0.3 is 0 Å². The van der Waals surface area contributed by atoms with Crippen LogP contribution in [-0.2, 0) is 6.54 Å². The van der Waals surface area contributed by atoms with Crippen LogP contribution in [0, 0.1) is 0 Å². The Hall–Kier alpha value is -3.11. The fraction of sp³-hybridized carbons (Fsp3) is 0.174. The molecule has 4 nitrogen and oxygen atoms in total. The van der Waals surface area contributed by atoms with Gasteiger partial charge in [-0.3, -0.25) is 4.79 Å². The number of nitrogens with one attached hydrogen (secondary N) is 2. The number of hydrogen-bond donors (Lipinski definition) is 3. The molecule has 3 aromatic rings. The summed E-state index contributed by atoms with van der Waals surface area (Å²) in [7, 11) is 0. The Balaban J connectivity index is 1.30. The van der Waals surface area contributed by atoms with Gasteiger partial charge in [0.05, 0.1) is 11.4 Å². The van der Waals surface area contributed by atoms with Crippen molar-refractivity contribution in [2.45, 2.75) is 24.9 Å². The summed E-state index contributed by atoms with van der Waals surface area (Å²) < 4.78 is 0. The Morgan fingerprint density at radius 3 is 2.37 bits per heavy atom. The SMILES string of the molecule is Nc1ccccc1NC(=O)c1ccc(CNC2CC2c2ccccc2)cc1. The van der Waals surface area contributed by atoms with Gasteiger partial charge in [-0.1, -0.05) is 54.6 Å². The van der Waals surface area contributed by atoms with Crippen molar-refractivity contribution in [1.29, 1.82) is 0 Å². The second-order valence-electron chi connectivity index (χ2n) is 6.98. The number of para-hydroxylation sites is 2. The molecule has 0 saturated heterocycles. The van der Waals surface area contributed by atoms with Crippen molar-refractivity contribution in [1.82, 2.24) is 5.32 Å². The smallest absolute Gasteiger partial charge is 0.255 e. The second kappa shape index (κ2) is 7.64. The van der Waals surface area contributed by atoms with Crippen molar-refractivity contribution in [3.63, 3.8) is 0 Å². The van der Waals surface area contributed by atoms with Gasteiger partial charge in [-0.05, 0) is 41.8 Å². The zero-order valence-corrected chi connectivity index (χ0v) is 15.1. The molecule has 1 fully saturated rings. The minimum Gasteiger partial charge on any atom is -0.397 e. The first-order chi connectivity index (χ1) is 13.2. The van der Waals surface area contributed by atoms with Gasteiger partial charge in [-0.2, -0.15) is 0 Å². The number of nitrogen functional groups attached to an aromatic ring is 1. The summed E-state index contributed by atoms with van der Waals surface area (Å²) in [4.78, 5) is 12.4. The van der Waals surface area contributed by atoms with E-state index < -0.39 is 0 Å². The lowest BCUT2D eigenvalue weighted by Gasteiger charge is -2.09. The molecule has 1 aliphatic carbocycles. The van der Waals surface area contributed by atoms with Crippen LogP contribution in [0.4, 0.5) is 11.4 Å². The number of hydrogen-bond acceptors (Lipinski definition) is 3. The van der Waals surface area contributed by atoms with Gasteiger partial charge in [0.2, 0.25) is 0 Å². The molecule has 1 amide bonds. The molecule has 0 heterocycles. The molecular weight excluding hydrogens is 334 g/mol. The van der Waals surface area contributed by atoms with E-state index >= 15 is 0 Å². The summed E-state index contributed by atoms with van der Waals surface area (Å²) in [6, 6.07) is 26.1. The molecule has 2 atom stereocenters. The van der Waals surface area contributed by atoms with Crippen molar-refractivity contribution in [3.05, 3.63) is 95.6 Å². The van der Waals surface area contributed by atoms with Gasteiger partial charge in [0, 0.05) is 24.1 Å². The summed E-state index contributed by atoms with van der Waals surface area (Å²) in [5, 5.41) is 6.45. The van der Waals surface area contributed by atoms with Crippen LogP contribution in [0.3, 0.4) is 0 Å². The summed E-state index contributed by atoms with van der Waals surface area (Å²) in [6.07, 6.45) is 1.18. The van der Waals surface area contributed by atoms with Crippen LogP contribution < -0.4 is 16.4 Å². The predicted octanol–water partition coefficient (Wildman–Crippen LogP) is 4.17. The molecule has 0 radical (unpaired) electrons. The lowest BCUT2D eigenvalue weighted by atomic mass is 10.1. The Morgan fingerprint density at radius 2 is 1.63 bits per heavy atom. The van der Waals surface area contributed by atoms with Crippen molar-refractivity contribution in [2.24, 2.45) is 0 Å². The van der Waals surface area contributed by atoms with Crippen LogP contribution in [0.2, 0.25) is 0 Å². The van der Waals surface area contributed by atoms with E-state index in [-0.39, 0.29) is 5.91 Å². The Bertz CT molecular complexity index is 922. The Labute approximate surface area is 159 Å². The molecule has 3 aromatic carbocycles. The molecule has 2 unspecified atom stereocenters. The summed E-state index contributed by atoms with van der Waals surface area (Å²) in [5.74, 6) is 0.464. The molecule has 4 N–H and O–H groups in total. The molecule has 0 aliphatic heterocycles. The first-order valence-corrected chi connectivity index (χ1v) is 9.24. The number of carbonyl (C=O) groups is 1. The van der Waals surface area contributed by atoms with Crippen LogP contribution in [0.5, 0.6) is 0 Å². The minimum absolute atomic E-state index is 0.154. The van der Waals surface area contributed by atoms with E-state index in [4.69, 9.17) is 5.73 Å². The molecule has 1 aliphatic rings. The summed E-state index contributed by atoms with van der Waals surface area (Å²) in [6.45, 7) is 0.807. The molecular formula is C23H23N3O. The van der Waals surface area contributed by atoms with Gasteiger partial charge in [-0.15, -0.1) is 0 Å². The molecule has 0 bridgehead atoms. The number of benzene rings is 3. The molecule has 0 aromatic heterocycles. The van der Waals surface area contributed by atoms with Crippen molar-refractivity contribution in [2.75, 3.05) is 11.1 Å². The minimum atomic E-state index is -0.154. The maximum absolute atomic E-state index is 12.4. The molecule has 0 spiro atoms. The average Bonchev–Trinajstić information content (AvgIpc) is 3.49. The van der Waals surface area contributed by atoms with Gasteiger partial charge in [0.15, 0.2) is 0 Å². The monoisotopic (exact) mass is 357 g/mol. The Kier molecular flexibility index (Phi) is 4.90. The summed E-state index contributed by atoms with van der Waals surface area (Å²) >= 11 is 0. The first-order valence-electron chi connectivity index (χ1n) is 9.24. The van der Waals surface area contributed by atoms with Crippen LogP contribution in [0.1, 0.15) is 33.8 Å². The van der Waals surface area contributed by atoms with Crippen molar-refractivity contribution >= 4 is 17.3 Å². The quantitative estimate of drug-likeness (QED) is 0.580. The van der Waals surface area contributed by atoms with Crippen molar-refractivity contribution in [3.8, 4) is 0 Å². The van der Waals surface area contributed by atoms with Gasteiger partial charge in [-0.25, -0.2) is 0 Å². The van der Waals surface area contributed by atoms with E-state index in [0.717, 1.165) is 6.54 Å². The highest BCUT2D eigenvalue weighted by atomic mass is 16.1. The highest BCUT2D eigenvalue weighted by Gasteiger charge is 2.37. The zero-order valence-electron chi connectivity index (χ0n) is 15.1.